The molecule has 1 heterocycles. The smallest absolute Gasteiger partial charge is 0.131 e. The van der Waals surface area contributed by atoms with E-state index in [-0.39, 0.29) is 6.10 Å². The Labute approximate surface area is 128 Å². The molecule has 2 aromatic carbocycles. The Morgan fingerprint density at radius 3 is 2.65 bits per heavy atom. The monoisotopic (exact) mass is 307 g/mol. The second-order valence-electron chi connectivity index (χ2n) is 4.73. The van der Waals surface area contributed by atoms with Crippen molar-refractivity contribution >= 4 is 23.2 Å². The minimum atomic E-state index is -0.0904. The molecule has 3 rings (SSSR count). The van der Waals surface area contributed by atoms with Crippen molar-refractivity contribution in [2.24, 2.45) is 0 Å². The van der Waals surface area contributed by atoms with E-state index in [2.05, 4.69) is 6.92 Å². The molecule has 0 amide bonds. The first-order valence-electron chi connectivity index (χ1n) is 6.24. The van der Waals surface area contributed by atoms with Gasteiger partial charge in [0.2, 0.25) is 0 Å². The molecule has 0 aliphatic carbocycles. The summed E-state index contributed by atoms with van der Waals surface area (Å²) in [4.78, 5) is 0. The zero-order chi connectivity index (χ0) is 14.3. The first-order chi connectivity index (χ1) is 9.58. The van der Waals surface area contributed by atoms with E-state index in [9.17, 15) is 0 Å². The lowest BCUT2D eigenvalue weighted by atomic mass is 10.00. The number of ether oxygens (including phenoxy) is 2. The second-order valence-corrected chi connectivity index (χ2v) is 5.60. The molecule has 2 aromatic rings. The molecule has 4 heteroatoms. The third-order valence-electron chi connectivity index (χ3n) is 3.31. The molecule has 0 saturated carbocycles. The van der Waals surface area contributed by atoms with Crippen LogP contribution in [-0.4, -0.2) is 13.2 Å². The summed E-state index contributed by atoms with van der Waals surface area (Å²) in [7, 11) is 1.63. The Morgan fingerprint density at radius 2 is 1.90 bits per heavy atom. The fraction of sp³-hybridized carbons (Fsp3) is 0.188. The summed E-state index contributed by atoms with van der Waals surface area (Å²) in [5.74, 6) is 1.55. The average Bonchev–Trinajstić information content (AvgIpc) is 2.77. The summed E-state index contributed by atoms with van der Waals surface area (Å²) in [6.45, 7) is 3.95. The van der Waals surface area contributed by atoms with Gasteiger partial charge in [0.05, 0.1) is 7.11 Å². The Balaban J connectivity index is 2.23. The zero-order valence-electron chi connectivity index (χ0n) is 11.0. The molecule has 0 fully saturated rings. The minimum absolute atomic E-state index is 0.0904. The lowest BCUT2D eigenvalue weighted by Gasteiger charge is -2.14. The number of halogens is 2. The van der Waals surface area contributed by atoms with E-state index in [4.69, 9.17) is 32.7 Å². The molecule has 103 valence electrons. The van der Waals surface area contributed by atoms with Gasteiger partial charge >= 0.3 is 0 Å². The van der Waals surface area contributed by atoms with Crippen molar-refractivity contribution in [3.63, 3.8) is 0 Å². The fourth-order valence-electron chi connectivity index (χ4n) is 2.49. The molecule has 1 aliphatic rings. The van der Waals surface area contributed by atoms with Crippen molar-refractivity contribution in [3.8, 4) is 22.6 Å². The lowest BCUT2D eigenvalue weighted by molar-refractivity contribution is 0.282. The maximum Gasteiger partial charge on any atom is 0.131 e. The van der Waals surface area contributed by atoms with Crippen LogP contribution in [-0.2, 0) is 6.42 Å². The predicted molar refractivity (Wildman–Crippen MR) is 81.9 cm³/mol. The molecular formula is C16H13Cl2O2. The van der Waals surface area contributed by atoms with Gasteiger partial charge in [-0.05, 0) is 42.8 Å². The normalized spacial score (nSPS) is 16.7. The van der Waals surface area contributed by atoms with Crippen molar-refractivity contribution < 1.29 is 9.47 Å². The zero-order valence-corrected chi connectivity index (χ0v) is 12.5. The quantitative estimate of drug-likeness (QED) is 0.793. The maximum absolute atomic E-state index is 6.21. The van der Waals surface area contributed by atoms with E-state index in [1.807, 2.05) is 24.3 Å². The molecule has 20 heavy (non-hydrogen) atoms. The molecule has 0 spiro atoms. The summed E-state index contributed by atoms with van der Waals surface area (Å²) in [5.41, 5.74) is 2.82. The molecular weight excluding hydrogens is 295 g/mol. The summed E-state index contributed by atoms with van der Waals surface area (Å²) >= 11 is 12.3. The summed E-state index contributed by atoms with van der Waals surface area (Å²) in [5, 5.41) is 1.30. The van der Waals surface area contributed by atoms with Gasteiger partial charge in [-0.1, -0.05) is 23.2 Å². The number of hydrogen-bond acceptors (Lipinski definition) is 2. The molecule has 1 aliphatic heterocycles. The van der Waals surface area contributed by atoms with Crippen LogP contribution in [0.15, 0.2) is 30.3 Å². The van der Waals surface area contributed by atoms with E-state index in [0.29, 0.717) is 10.0 Å². The molecule has 1 atom stereocenters. The third-order valence-corrected chi connectivity index (χ3v) is 3.77. The Morgan fingerprint density at radius 1 is 1.15 bits per heavy atom. The van der Waals surface area contributed by atoms with Gasteiger partial charge < -0.3 is 9.47 Å². The van der Waals surface area contributed by atoms with E-state index >= 15 is 0 Å². The number of hydrogen-bond donors (Lipinski definition) is 0. The highest BCUT2D eigenvalue weighted by atomic mass is 35.5. The third kappa shape index (κ3) is 2.34. The van der Waals surface area contributed by atoms with Crippen molar-refractivity contribution in [2.45, 2.75) is 12.5 Å². The summed E-state index contributed by atoms with van der Waals surface area (Å²) < 4.78 is 11.2. The van der Waals surface area contributed by atoms with Crippen LogP contribution in [0.5, 0.6) is 11.5 Å². The van der Waals surface area contributed by atoms with Crippen molar-refractivity contribution in [2.75, 3.05) is 7.11 Å². The van der Waals surface area contributed by atoms with Gasteiger partial charge in [0.15, 0.2) is 0 Å². The van der Waals surface area contributed by atoms with Crippen LogP contribution in [0.25, 0.3) is 11.1 Å². The van der Waals surface area contributed by atoms with Gasteiger partial charge in [-0.25, -0.2) is 0 Å². The summed E-state index contributed by atoms with van der Waals surface area (Å²) in [6, 6.07) is 9.27. The minimum Gasteiger partial charge on any atom is -0.496 e. The van der Waals surface area contributed by atoms with Crippen LogP contribution in [0.3, 0.4) is 0 Å². The number of rotatable bonds is 2. The Bertz CT molecular complexity index is 668. The second kappa shape index (κ2) is 5.19. The van der Waals surface area contributed by atoms with Crippen LogP contribution in [0.1, 0.15) is 5.56 Å². The van der Waals surface area contributed by atoms with E-state index in [1.165, 1.54) is 0 Å². The van der Waals surface area contributed by atoms with E-state index in [1.54, 1.807) is 13.2 Å². The van der Waals surface area contributed by atoms with E-state index < -0.39 is 0 Å². The molecule has 1 unspecified atom stereocenters. The standard InChI is InChI=1S/C16H13Cl2O2/c1-9-5-10-6-12(18)8-14(16(10)20-9)13-7-11(17)3-4-15(13)19-2/h3-4,6-9H,1,5H2,2H3. The number of fused-ring (bicyclic) bond motifs is 1. The van der Waals surface area contributed by atoms with Crippen LogP contribution in [0.2, 0.25) is 10.0 Å². The molecule has 0 N–H and O–H groups in total. The van der Waals surface area contributed by atoms with Crippen LogP contribution < -0.4 is 9.47 Å². The SMILES string of the molecule is [CH2]C1Cc2cc(Cl)cc(-c3cc(Cl)ccc3OC)c2O1. The molecule has 1 radical (unpaired) electrons. The van der Waals surface area contributed by atoms with E-state index in [0.717, 1.165) is 34.6 Å². The highest BCUT2D eigenvalue weighted by Crippen LogP contribution is 2.44. The molecule has 2 nitrogen and oxygen atoms in total. The molecule has 0 bridgehead atoms. The maximum atomic E-state index is 6.21. The highest BCUT2D eigenvalue weighted by Gasteiger charge is 2.25. The van der Waals surface area contributed by atoms with Gasteiger partial charge in [-0.3, -0.25) is 0 Å². The van der Waals surface area contributed by atoms with Crippen molar-refractivity contribution in [1.29, 1.82) is 0 Å². The Hall–Kier alpha value is -1.38. The van der Waals surface area contributed by atoms with Gasteiger partial charge in [-0.15, -0.1) is 0 Å². The van der Waals surface area contributed by atoms with Crippen LogP contribution in [0, 0.1) is 6.92 Å². The lowest BCUT2D eigenvalue weighted by Crippen LogP contribution is -2.06. The summed E-state index contributed by atoms with van der Waals surface area (Å²) in [6.07, 6.45) is 0.665. The van der Waals surface area contributed by atoms with Gasteiger partial charge in [0.25, 0.3) is 0 Å². The van der Waals surface area contributed by atoms with Gasteiger partial charge in [0, 0.05) is 27.6 Å². The first-order valence-corrected chi connectivity index (χ1v) is 7.00. The number of benzene rings is 2. The van der Waals surface area contributed by atoms with Crippen LogP contribution in [0.4, 0.5) is 0 Å². The van der Waals surface area contributed by atoms with Gasteiger partial charge in [0.1, 0.15) is 17.6 Å². The Kier molecular flexibility index (Phi) is 3.53. The van der Waals surface area contributed by atoms with Gasteiger partial charge in [-0.2, -0.15) is 0 Å². The van der Waals surface area contributed by atoms with Crippen molar-refractivity contribution in [1.82, 2.24) is 0 Å². The predicted octanol–water partition coefficient (Wildman–Crippen LogP) is 4.81. The first kappa shape index (κ1) is 13.6. The fourth-order valence-corrected chi connectivity index (χ4v) is 2.90. The number of methoxy groups -OCH3 is 1. The van der Waals surface area contributed by atoms with Crippen LogP contribution >= 0.6 is 23.2 Å². The molecule has 0 aromatic heterocycles. The topological polar surface area (TPSA) is 18.5 Å². The highest BCUT2D eigenvalue weighted by molar-refractivity contribution is 6.31. The van der Waals surface area contributed by atoms with Crippen molar-refractivity contribution in [3.05, 3.63) is 52.9 Å². The average molecular weight is 308 g/mol. The largest absolute Gasteiger partial charge is 0.496 e. The molecule has 0 saturated heterocycles.